The van der Waals surface area contributed by atoms with E-state index in [1.54, 1.807) is 4.57 Å². The van der Waals surface area contributed by atoms with Gasteiger partial charge < -0.3 is 5.73 Å². The van der Waals surface area contributed by atoms with E-state index in [1.165, 1.54) is 0 Å². The molecule has 0 radical (unpaired) electrons. The van der Waals surface area contributed by atoms with Gasteiger partial charge in [-0.1, -0.05) is 20.3 Å². The van der Waals surface area contributed by atoms with E-state index in [4.69, 9.17) is 5.73 Å². The third-order valence-corrected chi connectivity index (χ3v) is 2.29. The Morgan fingerprint density at radius 1 is 1.57 bits per heavy atom. The SMILES string of the molecule is CCCCn1c([C@@H](N)CC)n[nH]c1=O. The van der Waals surface area contributed by atoms with E-state index >= 15 is 0 Å². The zero-order valence-corrected chi connectivity index (χ0v) is 8.79. The lowest BCUT2D eigenvalue weighted by Gasteiger charge is -2.09. The lowest BCUT2D eigenvalue weighted by Crippen LogP contribution is -2.23. The van der Waals surface area contributed by atoms with E-state index in [0.29, 0.717) is 12.4 Å². The highest BCUT2D eigenvalue weighted by Gasteiger charge is 2.13. The largest absolute Gasteiger partial charge is 0.343 e. The van der Waals surface area contributed by atoms with Crippen LogP contribution in [0.25, 0.3) is 0 Å². The summed E-state index contributed by atoms with van der Waals surface area (Å²) < 4.78 is 1.64. The number of aromatic amines is 1. The second-order valence-electron chi connectivity index (χ2n) is 3.41. The van der Waals surface area contributed by atoms with Crippen molar-refractivity contribution in [1.82, 2.24) is 14.8 Å². The van der Waals surface area contributed by atoms with Gasteiger partial charge in [0.1, 0.15) is 5.82 Å². The van der Waals surface area contributed by atoms with Crippen LogP contribution in [0.3, 0.4) is 0 Å². The Labute approximate surface area is 83.3 Å². The molecule has 0 bridgehead atoms. The molecule has 5 heteroatoms. The maximum Gasteiger partial charge on any atom is 0.343 e. The van der Waals surface area contributed by atoms with Crippen LogP contribution in [0.15, 0.2) is 4.79 Å². The van der Waals surface area contributed by atoms with Crippen molar-refractivity contribution in [2.24, 2.45) is 5.73 Å². The maximum atomic E-state index is 11.4. The monoisotopic (exact) mass is 198 g/mol. The Balaban J connectivity index is 2.88. The van der Waals surface area contributed by atoms with Gasteiger partial charge in [0, 0.05) is 6.54 Å². The molecule has 0 saturated carbocycles. The lowest BCUT2D eigenvalue weighted by molar-refractivity contribution is 0.541. The number of nitrogens with one attached hydrogen (secondary N) is 1. The number of hydrogen-bond donors (Lipinski definition) is 2. The van der Waals surface area contributed by atoms with Crippen molar-refractivity contribution in [2.45, 2.75) is 45.7 Å². The summed E-state index contributed by atoms with van der Waals surface area (Å²) >= 11 is 0. The normalized spacial score (nSPS) is 13.1. The molecule has 3 N–H and O–H groups in total. The molecule has 0 aliphatic heterocycles. The number of rotatable bonds is 5. The van der Waals surface area contributed by atoms with Gasteiger partial charge in [-0.2, -0.15) is 5.10 Å². The number of nitrogens with two attached hydrogens (primary N) is 1. The quantitative estimate of drug-likeness (QED) is 0.734. The molecule has 0 aromatic carbocycles. The molecule has 1 atom stereocenters. The number of hydrogen-bond acceptors (Lipinski definition) is 3. The topological polar surface area (TPSA) is 76.7 Å². The molecule has 5 nitrogen and oxygen atoms in total. The number of aromatic nitrogens is 3. The first-order chi connectivity index (χ1) is 6.70. The lowest BCUT2D eigenvalue weighted by atomic mass is 10.2. The summed E-state index contributed by atoms with van der Waals surface area (Å²) in [7, 11) is 0. The molecule has 80 valence electrons. The van der Waals surface area contributed by atoms with Crippen LogP contribution in [0.1, 0.15) is 45.0 Å². The number of nitrogens with zero attached hydrogens (tertiary/aromatic N) is 2. The molecule has 0 spiro atoms. The first-order valence-electron chi connectivity index (χ1n) is 5.11. The fourth-order valence-corrected chi connectivity index (χ4v) is 1.33. The van der Waals surface area contributed by atoms with Crippen molar-refractivity contribution in [2.75, 3.05) is 0 Å². The molecule has 0 unspecified atom stereocenters. The molecule has 0 amide bonds. The van der Waals surface area contributed by atoms with Crippen molar-refractivity contribution >= 4 is 0 Å². The summed E-state index contributed by atoms with van der Waals surface area (Å²) in [5.41, 5.74) is 5.68. The second-order valence-corrected chi connectivity index (χ2v) is 3.41. The van der Waals surface area contributed by atoms with Crippen LogP contribution in [0.2, 0.25) is 0 Å². The minimum absolute atomic E-state index is 0.147. The summed E-state index contributed by atoms with van der Waals surface area (Å²) in [5.74, 6) is 0.672. The first kappa shape index (κ1) is 11.0. The molecule has 1 aromatic heterocycles. The van der Waals surface area contributed by atoms with Crippen LogP contribution in [0.5, 0.6) is 0 Å². The van der Waals surface area contributed by atoms with Gasteiger partial charge in [0.15, 0.2) is 0 Å². The zero-order valence-electron chi connectivity index (χ0n) is 8.79. The predicted molar refractivity (Wildman–Crippen MR) is 55.0 cm³/mol. The van der Waals surface area contributed by atoms with Gasteiger partial charge >= 0.3 is 5.69 Å². The predicted octanol–water partition coefficient (Wildman–Crippen LogP) is 0.781. The summed E-state index contributed by atoms with van der Waals surface area (Å²) in [6.07, 6.45) is 2.82. The third-order valence-electron chi connectivity index (χ3n) is 2.29. The molecule has 1 aromatic rings. The molecule has 0 saturated heterocycles. The fraction of sp³-hybridized carbons (Fsp3) is 0.778. The van der Waals surface area contributed by atoms with Crippen molar-refractivity contribution in [3.05, 3.63) is 16.3 Å². The molecule has 14 heavy (non-hydrogen) atoms. The molecule has 1 rings (SSSR count). The number of H-pyrrole nitrogens is 1. The Kier molecular flexibility index (Phi) is 3.88. The third kappa shape index (κ3) is 2.23. The molecular formula is C9H18N4O. The van der Waals surface area contributed by atoms with E-state index < -0.39 is 0 Å². The highest BCUT2D eigenvalue weighted by Crippen LogP contribution is 2.08. The average molecular weight is 198 g/mol. The average Bonchev–Trinajstić information content (AvgIpc) is 2.56. The van der Waals surface area contributed by atoms with Gasteiger partial charge in [0.25, 0.3) is 0 Å². The van der Waals surface area contributed by atoms with Gasteiger partial charge in [0.05, 0.1) is 6.04 Å². The van der Waals surface area contributed by atoms with Crippen molar-refractivity contribution in [3.63, 3.8) is 0 Å². The van der Waals surface area contributed by atoms with Gasteiger partial charge in [-0.3, -0.25) is 4.57 Å². The Morgan fingerprint density at radius 2 is 2.29 bits per heavy atom. The molecular weight excluding hydrogens is 180 g/mol. The standard InChI is InChI=1S/C9H18N4O/c1-3-5-6-13-8(7(10)4-2)11-12-9(13)14/h7H,3-6,10H2,1-2H3,(H,12,14)/t7-/m0/s1. The molecule has 0 fully saturated rings. The van der Waals surface area contributed by atoms with Gasteiger partial charge in [-0.05, 0) is 12.8 Å². The summed E-state index contributed by atoms with van der Waals surface area (Å²) in [6, 6.07) is -0.147. The van der Waals surface area contributed by atoms with Gasteiger partial charge in [0.2, 0.25) is 0 Å². The van der Waals surface area contributed by atoms with Crippen LogP contribution in [-0.4, -0.2) is 14.8 Å². The first-order valence-corrected chi connectivity index (χ1v) is 5.11. The van der Waals surface area contributed by atoms with Crippen LogP contribution in [0, 0.1) is 0 Å². The summed E-state index contributed by atoms with van der Waals surface area (Å²) in [4.78, 5) is 11.4. The zero-order chi connectivity index (χ0) is 10.6. The van der Waals surface area contributed by atoms with Crippen LogP contribution in [0.4, 0.5) is 0 Å². The van der Waals surface area contributed by atoms with Crippen LogP contribution in [-0.2, 0) is 6.54 Å². The summed E-state index contributed by atoms with van der Waals surface area (Å²) in [5, 5.41) is 6.38. The number of unbranched alkanes of at least 4 members (excludes halogenated alkanes) is 1. The Morgan fingerprint density at radius 3 is 2.86 bits per heavy atom. The van der Waals surface area contributed by atoms with Gasteiger partial charge in [-0.25, -0.2) is 9.89 Å². The highest BCUT2D eigenvalue weighted by atomic mass is 16.1. The minimum atomic E-state index is -0.155. The van der Waals surface area contributed by atoms with Gasteiger partial charge in [-0.15, -0.1) is 0 Å². The molecule has 0 aliphatic carbocycles. The van der Waals surface area contributed by atoms with E-state index in [-0.39, 0.29) is 11.7 Å². The smallest absolute Gasteiger partial charge is 0.321 e. The van der Waals surface area contributed by atoms with Crippen LogP contribution < -0.4 is 11.4 Å². The second kappa shape index (κ2) is 4.95. The van der Waals surface area contributed by atoms with Crippen molar-refractivity contribution < 1.29 is 0 Å². The maximum absolute atomic E-state index is 11.4. The van der Waals surface area contributed by atoms with E-state index in [0.717, 1.165) is 19.3 Å². The Bertz CT molecular complexity index is 328. The van der Waals surface area contributed by atoms with E-state index in [9.17, 15) is 4.79 Å². The van der Waals surface area contributed by atoms with Crippen LogP contribution >= 0.6 is 0 Å². The molecule has 1 heterocycles. The minimum Gasteiger partial charge on any atom is -0.321 e. The molecule has 0 aliphatic rings. The Hall–Kier alpha value is -1.10. The van der Waals surface area contributed by atoms with E-state index in [2.05, 4.69) is 17.1 Å². The van der Waals surface area contributed by atoms with E-state index in [1.807, 2.05) is 6.92 Å². The highest BCUT2D eigenvalue weighted by molar-refractivity contribution is 4.93. The van der Waals surface area contributed by atoms with Crippen molar-refractivity contribution in [1.29, 1.82) is 0 Å². The fourth-order valence-electron chi connectivity index (χ4n) is 1.33. The summed E-state index contributed by atoms with van der Waals surface area (Å²) in [6.45, 7) is 4.77. The van der Waals surface area contributed by atoms with Crippen molar-refractivity contribution in [3.8, 4) is 0 Å².